The van der Waals surface area contributed by atoms with Crippen molar-refractivity contribution in [1.29, 1.82) is 0 Å². The van der Waals surface area contributed by atoms with E-state index in [-0.39, 0.29) is 5.69 Å². The molecule has 4 N–H and O–H groups in total. The van der Waals surface area contributed by atoms with Gasteiger partial charge in [0.1, 0.15) is 5.82 Å². The maximum absolute atomic E-state index is 10.6. The zero-order valence-corrected chi connectivity index (χ0v) is 16.9. The summed E-state index contributed by atoms with van der Waals surface area (Å²) in [6.45, 7) is 3.25. The Hall–Kier alpha value is -2.98. The van der Waals surface area contributed by atoms with Gasteiger partial charge in [-0.3, -0.25) is 10.1 Å². The molecule has 2 aromatic heterocycles. The first-order chi connectivity index (χ1) is 13.3. The molecule has 0 saturated heterocycles. The van der Waals surface area contributed by atoms with E-state index >= 15 is 0 Å². The van der Waals surface area contributed by atoms with Crippen LogP contribution in [0.3, 0.4) is 0 Å². The summed E-state index contributed by atoms with van der Waals surface area (Å²) in [6.07, 6.45) is 3.26. The molecule has 0 bridgehead atoms. The zero-order chi connectivity index (χ0) is 20.9. The highest BCUT2D eigenvalue weighted by Crippen LogP contribution is 2.19. The second-order valence-corrected chi connectivity index (χ2v) is 6.53. The number of nitro groups is 1. The molecule has 154 valence electrons. The molecule has 0 aliphatic heterocycles. The second-order valence-electron chi connectivity index (χ2n) is 6.53. The van der Waals surface area contributed by atoms with E-state index in [4.69, 9.17) is 5.73 Å². The minimum atomic E-state index is -0.439. The normalized spacial score (nSPS) is 10.4. The first kappa shape index (κ1) is 23.1. The highest BCUT2D eigenvalue weighted by molar-refractivity contribution is 5.60. The summed E-state index contributed by atoms with van der Waals surface area (Å²) >= 11 is 0. The fourth-order valence-corrected chi connectivity index (χ4v) is 2.04. The SMILES string of the molecule is CN(C)CCNc1ncccc1N.CN(C)CCNc1ncccc1[N+](=O)[O-]. The van der Waals surface area contributed by atoms with Crippen LogP contribution in [0.2, 0.25) is 0 Å². The van der Waals surface area contributed by atoms with E-state index in [2.05, 4.69) is 25.5 Å². The van der Waals surface area contributed by atoms with Gasteiger partial charge in [0.05, 0.1) is 10.6 Å². The number of pyridine rings is 2. The van der Waals surface area contributed by atoms with Crippen LogP contribution in [0.5, 0.6) is 0 Å². The third-order valence-corrected chi connectivity index (χ3v) is 3.52. The van der Waals surface area contributed by atoms with Crippen molar-refractivity contribution in [2.24, 2.45) is 0 Å². The third kappa shape index (κ3) is 9.10. The van der Waals surface area contributed by atoms with E-state index < -0.39 is 4.92 Å². The van der Waals surface area contributed by atoms with Gasteiger partial charge < -0.3 is 26.2 Å². The van der Waals surface area contributed by atoms with Crippen LogP contribution in [-0.2, 0) is 0 Å². The number of nitrogens with one attached hydrogen (secondary N) is 2. The van der Waals surface area contributed by atoms with Crippen molar-refractivity contribution in [2.75, 3.05) is 70.7 Å². The average Bonchev–Trinajstić information content (AvgIpc) is 2.63. The van der Waals surface area contributed by atoms with Gasteiger partial charge in [0, 0.05) is 44.6 Å². The van der Waals surface area contributed by atoms with E-state index in [0.717, 1.165) is 25.5 Å². The summed E-state index contributed by atoms with van der Waals surface area (Å²) in [4.78, 5) is 22.3. The van der Waals surface area contributed by atoms with Crippen LogP contribution in [0.15, 0.2) is 36.7 Å². The van der Waals surface area contributed by atoms with Crippen LogP contribution in [0.1, 0.15) is 0 Å². The lowest BCUT2D eigenvalue weighted by Gasteiger charge is -2.11. The fraction of sp³-hybridized carbons (Fsp3) is 0.444. The number of aromatic nitrogens is 2. The molecule has 0 atom stereocenters. The Morgan fingerprint density at radius 2 is 1.46 bits per heavy atom. The molecule has 0 amide bonds. The second kappa shape index (κ2) is 12.4. The number of likely N-dealkylation sites (N-methyl/N-ethyl adjacent to an activating group) is 2. The lowest BCUT2D eigenvalue weighted by Crippen LogP contribution is -2.21. The summed E-state index contributed by atoms with van der Waals surface area (Å²) in [7, 11) is 7.94. The van der Waals surface area contributed by atoms with Gasteiger partial charge in [-0.25, -0.2) is 9.97 Å². The van der Waals surface area contributed by atoms with Crippen molar-refractivity contribution in [3.05, 3.63) is 46.8 Å². The standard InChI is InChI=1S/C9H14N4O2.C9H16N4/c1-12(2)7-6-11-9-8(13(14)15)4-3-5-10-9;1-13(2)7-6-12-9-8(10)4-3-5-11-9/h3-5H,6-7H2,1-2H3,(H,10,11);3-5H,6-7,10H2,1-2H3,(H,11,12). The minimum absolute atomic E-state index is 0.0104. The van der Waals surface area contributed by atoms with Crippen molar-refractivity contribution < 1.29 is 4.92 Å². The van der Waals surface area contributed by atoms with E-state index in [1.54, 1.807) is 12.3 Å². The van der Waals surface area contributed by atoms with Crippen LogP contribution < -0.4 is 16.4 Å². The maximum Gasteiger partial charge on any atom is 0.311 e. The largest absolute Gasteiger partial charge is 0.396 e. The number of hydrogen-bond donors (Lipinski definition) is 3. The molecule has 2 heterocycles. The van der Waals surface area contributed by atoms with Crippen LogP contribution >= 0.6 is 0 Å². The molecule has 0 spiro atoms. The summed E-state index contributed by atoms with van der Waals surface area (Å²) < 4.78 is 0. The van der Waals surface area contributed by atoms with Crippen molar-refractivity contribution in [2.45, 2.75) is 0 Å². The highest BCUT2D eigenvalue weighted by Gasteiger charge is 2.12. The van der Waals surface area contributed by atoms with Gasteiger partial charge in [0.25, 0.3) is 0 Å². The number of nitrogens with two attached hydrogens (primary N) is 1. The van der Waals surface area contributed by atoms with E-state index in [1.807, 2.05) is 45.2 Å². The number of anilines is 3. The first-order valence-electron chi connectivity index (χ1n) is 8.88. The Morgan fingerprint density at radius 3 is 1.96 bits per heavy atom. The monoisotopic (exact) mass is 390 g/mol. The molecule has 2 rings (SSSR count). The molecule has 28 heavy (non-hydrogen) atoms. The molecular formula is C18H30N8O2. The third-order valence-electron chi connectivity index (χ3n) is 3.52. The average molecular weight is 390 g/mol. The van der Waals surface area contributed by atoms with Gasteiger partial charge in [0.2, 0.25) is 5.82 Å². The number of hydrogen-bond acceptors (Lipinski definition) is 9. The Morgan fingerprint density at radius 1 is 0.964 bits per heavy atom. The highest BCUT2D eigenvalue weighted by atomic mass is 16.6. The summed E-state index contributed by atoms with van der Waals surface area (Å²) in [5, 5.41) is 16.7. The van der Waals surface area contributed by atoms with Gasteiger partial charge in [-0.15, -0.1) is 0 Å². The Balaban J connectivity index is 0.000000283. The molecule has 0 unspecified atom stereocenters. The van der Waals surface area contributed by atoms with Crippen molar-refractivity contribution in [3.63, 3.8) is 0 Å². The number of nitrogens with zero attached hydrogens (tertiary/aromatic N) is 5. The van der Waals surface area contributed by atoms with Crippen LogP contribution in [-0.4, -0.2) is 79.1 Å². The summed E-state index contributed by atoms with van der Waals surface area (Å²) in [5.74, 6) is 1.09. The minimum Gasteiger partial charge on any atom is -0.396 e. The Bertz CT molecular complexity index is 724. The van der Waals surface area contributed by atoms with Crippen LogP contribution in [0.4, 0.5) is 23.0 Å². The van der Waals surface area contributed by atoms with Gasteiger partial charge in [-0.1, -0.05) is 0 Å². The predicted molar refractivity (Wildman–Crippen MR) is 114 cm³/mol. The van der Waals surface area contributed by atoms with Crippen molar-refractivity contribution in [3.8, 4) is 0 Å². The molecule has 0 aliphatic rings. The maximum atomic E-state index is 10.6. The Kier molecular flexibility index (Phi) is 10.2. The smallest absolute Gasteiger partial charge is 0.311 e. The first-order valence-corrected chi connectivity index (χ1v) is 8.88. The van der Waals surface area contributed by atoms with Crippen molar-refractivity contribution >= 4 is 23.0 Å². The predicted octanol–water partition coefficient (Wildman–Crippen LogP) is 1.60. The molecule has 0 radical (unpaired) electrons. The van der Waals surface area contributed by atoms with Gasteiger partial charge in [0.15, 0.2) is 0 Å². The summed E-state index contributed by atoms with van der Waals surface area (Å²) in [5.41, 5.74) is 6.40. The molecule has 10 nitrogen and oxygen atoms in total. The van der Waals surface area contributed by atoms with Crippen LogP contribution in [0, 0.1) is 10.1 Å². The van der Waals surface area contributed by atoms with Gasteiger partial charge in [-0.2, -0.15) is 0 Å². The fourth-order valence-electron chi connectivity index (χ4n) is 2.04. The molecule has 0 fully saturated rings. The van der Waals surface area contributed by atoms with E-state index in [9.17, 15) is 10.1 Å². The molecular weight excluding hydrogens is 360 g/mol. The quantitative estimate of drug-likeness (QED) is 0.432. The molecule has 2 aromatic rings. The molecule has 0 aromatic carbocycles. The number of rotatable bonds is 9. The van der Waals surface area contributed by atoms with E-state index in [0.29, 0.717) is 18.1 Å². The molecule has 0 saturated carbocycles. The van der Waals surface area contributed by atoms with E-state index in [1.165, 1.54) is 12.3 Å². The lowest BCUT2D eigenvalue weighted by molar-refractivity contribution is -0.384. The van der Waals surface area contributed by atoms with Gasteiger partial charge in [-0.05, 0) is 46.4 Å². The van der Waals surface area contributed by atoms with Crippen molar-refractivity contribution in [1.82, 2.24) is 19.8 Å². The summed E-state index contributed by atoms with van der Waals surface area (Å²) in [6, 6.07) is 6.65. The lowest BCUT2D eigenvalue weighted by atomic mass is 10.4. The topological polar surface area (TPSA) is 125 Å². The molecule has 0 aliphatic carbocycles. The van der Waals surface area contributed by atoms with Crippen LogP contribution in [0.25, 0.3) is 0 Å². The Labute approximate surface area is 165 Å². The number of nitrogen functional groups attached to an aromatic ring is 1. The zero-order valence-electron chi connectivity index (χ0n) is 16.9. The van der Waals surface area contributed by atoms with Gasteiger partial charge >= 0.3 is 5.69 Å². The molecule has 10 heteroatoms.